The van der Waals surface area contributed by atoms with Crippen LogP contribution in [0.3, 0.4) is 0 Å². The van der Waals surface area contributed by atoms with Gasteiger partial charge < -0.3 is 0 Å². The van der Waals surface area contributed by atoms with Gasteiger partial charge in [0.1, 0.15) is 0 Å². The Hall–Kier alpha value is 0.330. The van der Waals surface area contributed by atoms with Crippen molar-refractivity contribution in [1.82, 2.24) is 0 Å². The quantitative estimate of drug-likeness (QED) is 0.300. The van der Waals surface area contributed by atoms with E-state index in [1.807, 2.05) is 6.07 Å². The topological polar surface area (TPSA) is 17.1 Å². The van der Waals surface area contributed by atoms with Crippen LogP contribution in [-0.4, -0.2) is 5.78 Å². The van der Waals surface area contributed by atoms with Crippen molar-refractivity contribution in [2.75, 3.05) is 0 Å². The Morgan fingerprint density at radius 2 is 1.63 bits per heavy atom. The van der Waals surface area contributed by atoms with E-state index in [1.54, 1.807) is 0 Å². The molecule has 0 aliphatic rings. The van der Waals surface area contributed by atoms with Gasteiger partial charge in [0.2, 0.25) is 0 Å². The highest BCUT2D eigenvalue weighted by Crippen LogP contribution is 2.33. The van der Waals surface area contributed by atoms with E-state index in [0.29, 0.717) is 6.42 Å². The van der Waals surface area contributed by atoms with Crippen molar-refractivity contribution in [2.24, 2.45) is 0 Å². The molecule has 108 valence electrons. The first-order valence-corrected chi connectivity index (χ1v) is 9.53. The summed E-state index contributed by atoms with van der Waals surface area (Å²) in [7, 11) is 0. The van der Waals surface area contributed by atoms with Crippen molar-refractivity contribution < 1.29 is 4.79 Å². The number of ketones is 1. The third kappa shape index (κ3) is 7.05. The molecule has 0 unspecified atom stereocenters. The van der Waals surface area contributed by atoms with Gasteiger partial charge in [0.15, 0.2) is 5.78 Å². The Morgan fingerprint density at radius 3 is 2.16 bits per heavy atom. The van der Waals surface area contributed by atoms with Crippen LogP contribution in [0.25, 0.3) is 0 Å². The van der Waals surface area contributed by atoms with Gasteiger partial charge in [0, 0.05) is 10.9 Å². The average molecular weight is 410 g/mol. The highest BCUT2D eigenvalue weighted by molar-refractivity contribution is 9.13. The molecule has 0 aliphatic heterocycles. The maximum Gasteiger partial charge on any atom is 0.172 e. The SMILES string of the molecule is CCCCCCCCCCC(=O)c1cc(Br)c(Br)s1. The smallest absolute Gasteiger partial charge is 0.172 e. The van der Waals surface area contributed by atoms with Gasteiger partial charge in [-0.15, -0.1) is 11.3 Å². The van der Waals surface area contributed by atoms with Crippen molar-refractivity contribution in [1.29, 1.82) is 0 Å². The van der Waals surface area contributed by atoms with E-state index >= 15 is 0 Å². The van der Waals surface area contributed by atoms with E-state index in [1.165, 1.54) is 56.3 Å². The molecule has 0 saturated carbocycles. The molecule has 19 heavy (non-hydrogen) atoms. The highest BCUT2D eigenvalue weighted by atomic mass is 79.9. The second kappa shape index (κ2) is 10.1. The first-order valence-electron chi connectivity index (χ1n) is 7.13. The lowest BCUT2D eigenvalue weighted by Gasteiger charge is -2.01. The third-order valence-corrected chi connectivity index (χ3v) is 6.47. The third-order valence-electron chi connectivity index (χ3n) is 3.18. The van der Waals surface area contributed by atoms with Crippen LogP contribution in [0.1, 0.15) is 74.4 Å². The number of halogens is 2. The number of unbranched alkanes of at least 4 members (excludes halogenated alkanes) is 7. The number of Topliss-reactive ketones (excluding diaryl/α,β-unsaturated/α-hetero) is 1. The lowest BCUT2D eigenvalue weighted by Crippen LogP contribution is -1.95. The van der Waals surface area contributed by atoms with Crippen molar-refractivity contribution >= 4 is 49.0 Å². The van der Waals surface area contributed by atoms with E-state index in [4.69, 9.17) is 0 Å². The lowest BCUT2D eigenvalue weighted by atomic mass is 10.1. The average Bonchev–Trinajstić information content (AvgIpc) is 2.73. The minimum absolute atomic E-state index is 0.280. The molecule has 0 fully saturated rings. The van der Waals surface area contributed by atoms with Gasteiger partial charge in [0.25, 0.3) is 0 Å². The molecule has 1 aromatic rings. The monoisotopic (exact) mass is 408 g/mol. The van der Waals surface area contributed by atoms with Crippen LogP contribution in [0.15, 0.2) is 14.3 Å². The largest absolute Gasteiger partial charge is 0.293 e. The summed E-state index contributed by atoms with van der Waals surface area (Å²) in [6.07, 6.45) is 10.9. The van der Waals surface area contributed by atoms with Crippen LogP contribution in [-0.2, 0) is 0 Å². The van der Waals surface area contributed by atoms with Crippen molar-refractivity contribution in [3.8, 4) is 0 Å². The van der Waals surface area contributed by atoms with Crippen LogP contribution in [0.5, 0.6) is 0 Å². The van der Waals surface area contributed by atoms with Crippen LogP contribution in [0, 0.1) is 0 Å². The Morgan fingerprint density at radius 1 is 1.05 bits per heavy atom. The van der Waals surface area contributed by atoms with Gasteiger partial charge in [0.05, 0.1) is 8.66 Å². The zero-order valence-corrected chi connectivity index (χ0v) is 15.5. The first-order chi connectivity index (χ1) is 9.15. The van der Waals surface area contributed by atoms with Gasteiger partial charge in [-0.1, -0.05) is 51.9 Å². The fourth-order valence-corrected chi connectivity index (χ4v) is 4.03. The molecule has 0 bridgehead atoms. The van der Waals surface area contributed by atoms with Crippen molar-refractivity contribution in [2.45, 2.75) is 64.7 Å². The molecule has 0 atom stereocenters. The summed E-state index contributed by atoms with van der Waals surface area (Å²) >= 11 is 8.37. The van der Waals surface area contributed by atoms with Gasteiger partial charge in [-0.25, -0.2) is 0 Å². The summed E-state index contributed by atoms with van der Waals surface area (Å²) in [5.41, 5.74) is 0. The standard InChI is InChI=1S/C15H22Br2OS/c1-2-3-4-5-6-7-8-9-10-13(18)14-11-12(16)15(17)19-14/h11H,2-10H2,1H3. The Bertz CT molecular complexity index is 368. The van der Waals surface area contributed by atoms with E-state index in [9.17, 15) is 4.79 Å². The molecule has 0 amide bonds. The van der Waals surface area contributed by atoms with Crippen molar-refractivity contribution in [3.05, 3.63) is 19.2 Å². The number of thiophene rings is 1. The second-order valence-corrected chi connectivity index (χ2v) is 8.10. The second-order valence-electron chi connectivity index (χ2n) is 4.88. The Balaban J connectivity index is 2.08. The molecule has 1 heterocycles. The fourth-order valence-electron chi connectivity index (χ4n) is 2.03. The predicted molar refractivity (Wildman–Crippen MR) is 91.3 cm³/mol. The van der Waals surface area contributed by atoms with Crippen LogP contribution < -0.4 is 0 Å². The lowest BCUT2D eigenvalue weighted by molar-refractivity contribution is 0.0983. The minimum atomic E-state index is 0.280. The molecule has 1 aromatic heterocycles. The van der Waals surface area contributed by atoms with E-state index in [2.05, 4.69) is 38.8 Å². The van der Waals surface area contributed by atoms with Crippen molar-refractivity contribution in [3.63, 3.8) is 0 Å². The zero-order chi connectivity index (χ0) is 14.1. The van der Waals surface area contributed by atoms with Gasteiger partial charge in [-0.2, -0.15) is 0 Å². The molecule has 0 N–H and O–H groups in total. The molecular weight excluding hydrogens is 388 g/mol. The van der Waals surface area contributed by atoms with Gasteiger partial charge >= 0.3 is 0 Å². The maximum absolute atomic E-state index is 12.0. The number of rotatable bonds is 10. The fraction of sp³-hybridized carbons (Fsp3) is 0.667. The highest BCUT2D eigenvalue weighted by Gasteiger charge is 2.11. The summed E-state index contributed by atoms with van der Waals surface area (Å²) in [5.74, 6) is 0.280. The molecule has 0 aliphatic carbocycles. The summed E-state index contributed by atoms with van der Waals surface area (Å²) in [6.45, 7) is 2.24. The Kier molecular flexibility index (Phi) is 9.25. The zero-order valence-electron chi connectivity index (χ0n) is 11.5. The minimum Gasteiger partial charge on any atom is -0.293 e. The first kappa shape index (κ1) is 17.4. The van der Waals surface area contributed by atoms with Crippen LogP contribution in [0.2, 0.25) is 0 Å². The van der Waals surface area contributed by atoms with E-state index in [-0.39, 0.29) is 5.78 Å². The number of hydrogen-bond donors (Lipinski definition) is 0. The number of carbonyl (C=O) groups excluding carboxylic acids is 1. The normalized spacial score (nSPS) is 10.9. The molecule has 1 nitrogen and oxygen atoms in total. The summed E-state index contributed by atoms with van der Waals surface area (Å²) < 4.78 is 1.99. The van der Waals surface area contributed by atoms with Crippen LogP contribution in [0.4, 0.5) is 0 Å². The van der Waals surface area contributed by atoms with Crippen LogP contribution >= 0.6 is 43.2 Å². The van der Waals surface area contributed by atoms with E-state index < -0.39 is 0 Å². The van der Waals surface area contributed by atoms with Gasteiger partial charge in [-0.3, -0.25) is 4.79 Å². The molecule has 0 spiro atoms. The Labute approximate surface area is 137 Å². The molecule has 1 rings (SSSR count). The maximum atomic E-state index is 12.0. The summed E-state index contributed by atoms with van der Waals surface area (Å²) in [4.78, 5) is 12.8. The van der Waals surface area contributed by atoms with E-state index in [0.717, 1.165) is 19.6 Å². The summed E-state index contributed by atoms with van der Waals surface area (Å²) in [6, 6.07) is 1.92. The molecule has 0 saturated heterocycles. The number of hydrogen-bond acceptors (Lipinski definition) is 2. The molecular formula is C15H22Br2OS. The van der Waals surface area contributed by atoms with Gasteiger partial charge in [-0.05, 0) is 44.3 Å². The number of carbonyl (C=O) groups is 1. The molecule has 4 heteroatoms. The molecule has 0 aromatic carbocycles. The molecule has 0 radical (unpaired) electrons. The predicted octanol–water partition coefficient (Wildman–Crippen LogP) is 6.99. The summed E-state index contributed by atoms with van der Waals surface area (Å²) in [5, 5.41) is 0.